The number of rotatable bonds is 26. The lowest BCUT2D eigenvalue weighted by atomic mass is 9.72. The van der Waals surface area contributed by atoms with Gasteiger partial charge in [0, 0.05) is 69.3 Å². The highest BCUT2D eigenvalue weighted by atomic mass is 31.2. The van der Waals surface area contributed by atoms with Crippen LogP contribution in [0.25, 0.3) is 6.08 Å². The SMILES string of the molecule is C.C#N.C=C(C)/C=C/C=C(C)/C=C/[C@@H](C)[C@@H](O)[C@@H](C)[C@@H](O)C[C@H](OC)[C@H]1O[C@]2(C[C@@H](O)[C@H](C)[C@H](C/C=C/c3coc([C@@H](C)CCNC(=O)[C@@H](O)[C@@H](O)[C@H](COC)N(C)C)n3)O2)C(C)(C)[C@H]1OP(=O)(O)O. The number of carbonyl (C=O) groups excluding carboxylic acids is 1. The number of hydrogen-bond acceptors (Lipinski definition) is 16. The van der Waals surface area contributed by atoms with Crippen molar-refractivity contribution >= 4 is 19.8 Å². The highest BCUT2D eigenvalue weighted by molar-refractivity contribution is 7.46. The van der Waals surface area contributed by atoms with Crippen molar-refractivity contribution in [3.63, 3.8) is 0 Å². The molecule has 20 heteroatoms. The summed E-state index contributed by atoms with van der Waals surface area (Å²) in [6.07, 6.45) is 4.85. The summed E-state index contributed by atoms with van der Waals surface area (Å²) in [7, 11) is 1.15. The number of oxazole rings is 1. The van der Waals surface area contributed by atoms with Gasteiger partial charge in [-0.3, -0.25) is 9.32 Å². The van der Waals surface area contributed by atoms with Crippen LogP contribution in [-0.2, 0) is 32.8 Å². The van der Waals surface area contributed by atoms with Crippen LogP contribution >= 0.6 is 7.82 Å². The second kappa shape index (κ2) is 29.3. The molecule has 15 atom stereocenters. The Bertz CT molecular complexity index is 1950. The van der Waals surface area contributed by atoms with E-state index in [9.17, 15) is 44.7 Å². The number of nitrogens with zero attached hydrogens (tertiary/aromatic N) is 3. The van der Waals surface area contributed by atoms with E-state index >= 15 is 0 Å². The number of phosphoric acid groups is 1. The second-order valence-electron chi connectivity index (χ2n) is 19.3. The number of carbonyl (C=O) groups is 1. The Morgan fingerprint density at radius 2 is 1.74 bits per heavy atom. The largest absolute Gasteiger partial charge is 0.469 e. The number of nitrogens with one attached hydrogen (secondary N) is 1. The van der Waals surface area contributed by atoms with Gasteiger partial charge in [-0.25, -0.2) is 14.8 Å². The summed E-state index contributed by atoms with van der Waals surface area (Å²) in [6, 6.07) is -0.590. The molecule has 1 amide bonds. The summed E-state index contributed by atoms with van der Waals surface area (Å²) in [5.74, 6) is -3.51. The number of aliphatic hydroxyl groups excluding tert-OH is 5. The van der Waals surface area contributed by atoms with Crippen LogP contribution in [0.4, 0.5) is 0 Å². The third-order valence-corrected chi connectivity index (χ3v) is 13.8. The predicted octanol–water partition coefficient (Wildman–Crippen LogP) is 5.18. The van der Waals surface area contributed by atoms with Crippen molar-refractivity contribution in [2.45, 2.75) is 161 Å². The van der Waals surface area contributed by atoms with Gasteiger partial charge in [0.15, 0.2) is 17.8 Å². The lowest BCUT2D eigenvalue weighted by Crippen LogP contribution is -2.58. The first-order chi connectivity index (χ1) is 32.2. The first kappa shape index (κ1) is 64.6. The Labute approximate surface area is 416 Å². The molecule has 2 aliphatic heterocycles. The van der Waals surface area contributed by atoms with Gasteiger partial charge in [-0.05, 0) is 46.9 Å². The van der Waals surface area contributed by atoms with Crippen LogP contribution in [0.2, 0.25) is 0 Å². The third kappa shape index (κ3) is 18.0. The average Bonchev–Trinajstić information content (AvgIpc) is 3.84. The molecule has 400 valence electrons. The second-order valence-corrected chi connectivity index (χ2v) is 20.5. The Hall–Kier alpha value is -3.42. The van der Waals surface area contributed by atoms with Gasteiger partial charge in [0.2, 0.25) is 0 Å². The van der Waals surface area contributed by atoms with E-state index in [4.69, 9.17) is 33.2 Å². The molecule has 70 heavy (non-hydrogen) atoms. The first-order valence-electron chi connectivity index (χ1n) is 23.2. The Balaban J connectivity index is 0.00000806. The number of aliphatic hydroxyl groups is 5. The zero-order valence-electron chi connectivity index (χ0n) is 42.4. The van der Waals surface area contributed by atoms with Crippen LogP contribution in [0.5, 0.6) is 0 Å². The minimum Gasteiger partial charge on any atom is -0.448 e. The molecule has 1 aromatic heterocycles. The van der Waals surface area contributed by atoms with Gasteiger partial charge in [-0.15, -0.1) is 0 Å². The van der Waals surface area contributed by atoms with Crippen molar-refractivity contribution in [3.8, 4) is 6.57 Å². The predicted molar refractivity (Wildman–Crippen MR) is 267 cm³/mol. The monoisotopic (exact) mass is 1010 g/mol. The number of aromatic nitrogens is 1. The van der Waals surface area contributed by atoms with Gasteiger partial charge in [0.25, 0.3) is 5.91 Å². The summed E-state index contributed by atoms with van der Waals surface area (Å²) in [5.41, 5.74) is 1.10. The van der Waals surface area contributed by atoms with Crippen molar-refractivity contribution in [2.24, 2.45) is 23.2 Å². The number of allylic oxidation sites excluding steroid dienone is 6. The number of methoxy groups -OCH3 is 2. The fourth-order valence-electron chi connectivity index (χ4n) is 8.55. The standard InChI is InChI=1S/C48H80N3O15P.CHN.CH4/c1-28(2)16-14-17-29(3)20-21-30(4)40(54)33(7)36(52)24-39(62-13)43-44(66-67(58,59)60)47(8,9)48(65-43)25-37(53)32(6)38(64-48)19-15-18-34-26-63-46(50-34)31(5)22-23-49-45(57)42(56)41(55)35(27-61-12)51(10)11;1-2;/h14-18,20-21,26,30-33,35-44,52-56H,1,19,22-25,27H2,2-13H3,(H,49,57)(H2,58,59,60);1H;1H4/b16-14+,18-15+,21-20+,29-17+;;/t30-,31+,32+,33+,35+,36+,37-,38+,39+,40-,41+,42+,43-,44+,48-;;/m1../s1. The van der Waals surface area contributed by atoms with Gasteiger partial charge < -0.3 is 68.9 Å². The van der Waals surface area contributed by atoms with E-state index < -0.39 is 97.7 Å². The molecule has 2 aliphatic rings. The molecule has 1 spiro atoms. The van der Waals surface area contributed by atoms with Crippen LogP contribution in [0.3, 0.4) is 0 Å². The maximum Gasteiger partial charge on any atom is 0.469 e. The van der Waals surface area contributed by atoms with Gasteiger partial charge in [-0.2, -0.15) is 0 Å². The van der Waals surface area contributed by atoms with E-state index in [1.807, 2.05) is 71.1 Å². The smallest absolute Gasteiger partial charge is 0.448 e. The number of hydrogen-bond donors (Lipinski definition) is 8. The van der Waals surface area contributed by atoms with E-state index in [0.717, 1.165) is 11.1 Å². The highest BCUT2D eigenvalue weighted by Gasteiger charge is 2.68. The summed E-state index contributed by atoms with van der Waals surface area (Å²) >= 11 is 0. The lowest BCUT2D eigenvalue weighted by Gasteiger charge is -2.50. The third-order valence-electron chi connectivity index (χ3n) is 13.3. The molecule has 8 N–H and O–H groups in total. The van der Waals surface area contributed by atoms with Crippen LogP contribution in [0, 0.1) is 35.0 Å². The maximum atomic E-state index is 12.6. The molecule has 0 saturated carbocycles. The van der Waals surface area contributed by atoms with Gasteiger partial charge >= 0.3 is 7.82 Å². The van der Waals surface area contributed by atoms with Crippen molar-refractivity contribution in [1.82, 2.24) is 15.2 Å². The highest BCUT2D eigenvalue weighted by Crippen LogP contribution is 2.59. The molecular formula is C50H85N4O15P. The van der Waals surface area contributed by atoms with Crippen molar-refractivity contribution in [2.75, 3.05) is 41.5 Å². The Morgan fingerprint density at radius 1 is 1.10 bits per heavy atom. The van der Waals surface area contributed by atoms with Crippen LogP contribution in [-0.4, -0.2) is 159 Å². The van der Waals surface area contributed by atoms with E-state index in [-0.39, 0.29) is 51.7 Å². The fourth-order valence-corrected chi connectivity index (χ4v) is 9.23. The summed E-state index contributed by atoms with van der Waals surface area (Å²) in [4.78, 5) is 39.1. The summed E-state index contributed by atoms with van der Waals surface area (Å²) in [5, 5.41) is 64.5. The molecule has 2 saturated heterocycles. The summed E-state index contributed by atoms with van der Waals surface area (Å²) in [6.45, 7) is 22.1. The number of amides is 1. The minimum absolute atomic E-state index is 0. The normalized spacial score (nSPS) is 26.8. The van der Waals surface area contributed by atoms with Crippen LogP contribution in [0.1, 0.15) is 106 Å². The molecule has 0 aliphatic carbocycles. The molecule has 0 aromatic carbocycles. The number of likely N-dealkylation sites (N-methyl/N-ethyl adjacent to an activating group) is 1. The van der Waals surface area contributed by atoms with Crippen molar-refractivity contribution in [1.29, 1.82) is 5.26 Å². The Kier molecular flexibility index (Phi) is 27.1. The molecular weight excluding hydrogens is 928 g/mol. The van der Waals surface area contributed by atoms with Crippen molar-refractivity contribution in [3.05, 3.63) is 72.0 Å². The molecule has 2 fully saturated rings. The number of nitriles is 1. The van der Waals surface area contributed by atoms with E-state index in [2.05, 4.69) is 23.5 Å². The molecule has 19 nitrogen and oxygen atoms in total. The van der Waals surface area contributed by atoms with Crippen LogP contribution < -0.4 is 5.32 Å². The van der Waals surface area contributed by atoms with Gasteiger partial charge in [0.1, 0.15) is 30.3 Å². The fraction of sp³-hybridized carbons (Fsp3) is 0.700. The van der Waals surface area contributed by atoms with Crippen molar-refractivity contribution < 1.29 is 72.6 Å². The van der Waals surface area contributed by atoms with E-state index in [1.54, 1.807) is 45.8 Å². The molecule has 0 radical (unpaired) electrons. The Morgan fingerprint density at radius 3 is 2.31 bits per heavy atom. The first-order valence-corrected chi connectivity index (χ1v) is 24.7. The quantitative estimate of drug-likeness (QED) is 0.0438. The zero-order valence-corrected chi connectivity index (χ0v) is 43.3. The maximum absolute atomic E-state index is 12.6. The van der Waals surface area contributed by atoms with E-state index in [0.29, 0.717) is 18.0 Å². The average molecular weight is 1010 g/mol. The van der Waals surface area contributed by atoms with Gasteiger partial charge in [-0.1, -0.05) is 103 Å². The molecule has 0 unspecified atom stereocenters. The summed E-state index contributed by atoms with van der Waals surface area (Å²) < 4.78 is 48.1. The van der Waals surface area contributed by atoms with Gasteiger partial charge in [0.05, 0.1) is 43.2 Å². The molecule has 3 rings (SSSR count). The molecule has 1 aromatic rings. The molecule has 0 bridgehead atoms. The topological polar surface area (TPSA) is 287 Å². The minimum atomic E-state index is -5.13. The number of phosphoric ester groups is 1. The zero-order chi connectivity index (χ0) is 52.6. The molecule has 3 heterocycles. The van der Waals surface area contributed by atoms with E-state index in [1.165, 1.54) is 20.5 Å². The number of ether oxygens (including phenoxy) is 4. The van der Waals surface area contributed by atoms with Crippen LogP contribution in [0.15, 0.2) is 64.9 Å². The lowest BCUT2D eigenvalue weighted by molar-refractivity contribution is -0.334.